The molecular formula is C21H31N3O. The van der Waals surface area contributed by atoms with Gasteiger partial charge in [0.1, 0.15) is 5.82 Å². The molecule has 0 radical (unpaired) electrons. The second-order valence-corrected chi connectivity index (χ2v) is 6.48. The first-order valence-electron chi connectivity index (χ1n) is 9.61. The molecule has 0 fully saturated rings. The van der Waals surface area contributed by atoms with Crippen LogP contribution in [0.15, 0.2) is 36.4 Å². The van der Waals surface area contributed by atoms with Gasteiger partial charge in [0.05, 0.1) is 11.0 Å². The van der Waals surface area contributed by atoms with Crippen LogP contribution in [-0.2, 0) is 17.8 Å². The Morgan fingerprint density at radius 2 is 1.92 bits per heavy atom. The second-order valence-electron chi connectivity index (χ2n) is 6.48. The maximum atomic E-state index is 11.6. The number of imidazole rings is 1. The molecule has 0 aliphatic carbocycles. The summed E-state index contributed by atoms with van der Waals surface area (Å²) in [6.45, 7) is 5.71. The van der Waals surface area contributed by atoms with Gasteiger partial charge in [-0.25, -0.2) is 4.98 Å². The zero-order valence-corrected chi connectivity index (χ0v) is 15.6. The van der Waals surface area contributed by atoms with Crippen molar-refractivity contribution in [1.29, 1.82) is 0 Å². The second kappa shape index (κ2) is 10.7. The Bertz CT molecular complexity index is 688. The fraction of sp³-hybridized carbons (Fsp3) is 0.524. The summed E-state index contributed by atoms with van der Waals surface area (Å²) in [5.74, 6) is 1.02. The van der Waals surface area contributed by atoms with Gasteiger partial charge in [0.15, 0.2) is 0 Å². The standard InChI is InChI=1S/C21H31N3O/c1-3-5-6-7-8-11-17-24-19-14-10-9-13-18(19)23-20(24)15-16-22-21(25)12-4-2/h4,9-10,12-14H,3,5-8,11,15-17H2,1-2H3,(H,22,25)/b12-4+. The zero-order chi connectivity index (χ0) is 17.9. The fourth-order valence-corrected chi connectivity index (χ4v) is 3.12. The summed E-state index contributed by atoms with van der Waals surface area (Å²) < 4.78 is 2.33. The van der Waals surface area contributed by atoms with Crippen LogP contribution in [0, 0.1) is 0 Å². The topological polar surface area (TPSA) is 46.9 Å². The molecule has 1 aromatic carbocycles. The predicted molar refractivity (Wildman–Crippen MR) is 105 cm³/mol. The first-order valence-corrected chi connectivity index (χ1v) is 9.61. The van der Waals surface area contributed by atoms with Crippen LogP contribution in [0.25, 0.3) is 11.0 Å². The minimum atomic E-state index is -0.0407. The summed E-state index contributed by atoms with van der Waals surface area (Å²) in [4.78, 5) is 16.3. The van der Waals surface area contributed by atoms with E-state index >= 15 is 0 Å². The molecule has 4 heteroatoms. The van der Waals surface area contributed by atoms with E-state index in [0.29, 0.717) is 6.54 Å². The summed E-state index contributed by atoms with van der Waals surface area (Å²) in [6, 6.07) is 8.30. The van der Waals surface area contributed by atoms with Gasteiger partial charge in [-0.2, -0.15) is 0 Å². The van der Waals surface area contributed by atoms with Crippen molar-refractivity contribution in [3.05, 3.63) is 42.2 Å². The molecule has 0 saturated carbocycles. The van der Waals surface area contributed by atoms with Crippen molar-refractivity contribution in [2.24, 2.45) is 0 Å². The minimum Gasteiger partial charge on any atom is -0.352 e. The highest BCUT2D eigenvalue weighted by Gasteiger charge is 2.10. The normalized spacial score (nSPS) is 11.4. The van der Waals surface area contributed by atoms with Crippen molar-refractivity contribution in [2.45, 2.75) is 65.3 Å². The zero-order valence-electron chi connectivity index (χ0n) is 15.6. The van der Waals surface area contributed by atoms with E-state index in [1.54, 1.807) is 12.2 Å². The third kappa shape index (κ3) is 6.04. The van der Waals surface area contributed by atoms with Crippen LogP contribution in [0.3, 0.4) is 0 Å². The van der Waals surface area contributed by atoms with Crippen molar-refractivity contribution in [3.63, 3.8) is 0 Å². The van der Waals surface area contributed by atoms with E-state index in [0.717, 1.165) is 24.3 Å². The van der Waals surface area contributed by atoms with E-state index in [9.17, 15) is 4.79 Å². The van der Waals surface area contributed by atoms with Crippen LogP contribution >= 0.6 is 0 Å². The van der Waals surface area contributed by atoms with Crippen molar-refractivity contribution < 1.29 is 4.79 Å². The number of aromatic nitrogens is 2. The average molecular weight is 341 g/mol. The molecule has 0 aliphatic heterocycles. The lowest BCUT2D eigenvalue weighted by molar-refractivity contribution is -0.116. The summed E-state index contributed by atoms with van der Waals surface area (Å²) in [7, 11) is 0. The lowest BCUT2D eigenvalue weighted by atomic mass is 10.1. The number of amides is 1. The lowest BCUT2D eigenvalue weighted by Crippen LogP contribution is -2.24. The van der Waals surface area contributed by atoms with E-state index in [1.807, 2.05) is 13.0 Å². The summed E-state index contributed by atoms with van der Waals surface area (Å²) >= 11 is 0. The molecule has 1 amide bonds. The van der Waals surface area contributed by atoms with Crippen molar-refractivity contribution in [1.82, 2.24) is 14.9 Å². The van der Waals surface area contributed by atoms with Crippen LogP contribution in [-0.4, -0.2) is 22.0 Å². The smallest absolute Gasteiger partial charge is 0.243 e. The molecule has 25 heavy (non-hydrogen) atoms. The SMILES string of the molecule is C/C=C/C(=O)NCCc1nc2ccccc2n1CCCCCCCC. The average Bonchev–Trinajstić information content (AvgIpc) is 2.96. The third-order valence-electron chi connectivity index (χ3n) is 4.43. The van der Waals surface area contributed by atoms with E-state index in [2.05, 4.69) is 35.0 Å². The van der Waals surface area contributed by atoms with Crippen LogP contribution in [0.4, 0.5) is 0 Å². The number of carbonyl (C=O) groups is 1. The van der Waals surface area contributed by atoms with Crippen LogP contribution in [0.1, 0.15) is 58.2 Å². The summed E-state index contributed by atoms with van der Waals surface area (Å²) in [5, 5.41) is 2.91. The molecule has 0 saturated heterocycles. The van der Waals surface area contributed by atoms with Gasteiger partial charge in [0.25, 0.3) is 0 Å². The molecule has 4 nitrogen and oxygen atoms in total. The quantitative estimate of drug-likeness (QED) is 0.478. The number of aryl methyl sites for hydroxylation is 1. The first-order chi connectivity index (χ1) is 12.3. The number of hydrogen-bond acceptors (Lipinski definition) is 2. The number of rotatable bonds is 11. The molecule has 1 heterocycles. The Labute approximate surface area is 151 Å². The molecule has 0 atom stereocenters. The fourth-order valence-electron chi connectivity index (χ4n) is 3.12. The van der Waals surface area contributed by atoms with Gasteiger partial charge in [0.2, 0.25) is 5.91 Å². The largest absolute Gasteiger partial charge is 0.352 e. The van der Waals surface area contributed by atoms with Gasteiger partial charge >= 0.3 is 0 Å². The highest BCUT2D eigenvalue weighted by Crippen LogP contribution is 2.18. The van der Waals surface area contributed by atoms with E-state index in [-0.39, 0.29) is 5.91 Å². The molecule has 0 unspecified atom stereocenters. The number of nitrogens with zero attached hydrogens (tertiary/aromatic N) is 2. The predicted octanol–water partition coefficient (Wildman–Crippen LogP) is 4.63. The highest BCUT2D eigenvalue weighted by molar-refractivity contribution is 5.87. The number of para-hydroxylation sites is 2. The van der Waals surface area contributed by atoms with Gasteiger partial charge in [-0.05, 0) is 31.6 Å². The van der Waals surface area contributed by atoms with Crippen molar-refractivity contribution >= 4 is 16.9 Å². The molecule has 1 aromatic heterocycles. The number of benzene rings is 1. The number of hydrogen-bond donors (Lipinski definition) is 1. The molecule has 1 N–H and O–H groups in total. The Kier molecular flexibility index (Phi) is 8.23. The molecule has 136 valence electrons. The molecule has 0 spiro atoms. The summed E-state index contributed by atoms with van der Waals surface area (Å²) in [5.41, 5.74) is 2.24. The van der Waals surface area contributed by atoms with Gasteiger partial charge in [-0.15, -0.1) is 0 Å². The van der Waals surface area contributed by atoms with Gasteiger partial charge < -0.3 is 9.88 Å². The minimum absolute atomic E-state index is 0.0407. The van der Waals surface area contributed by atoms with E-state index in [1.165, 1.54) is 44.0 Å². The maximum Gasteiger partial charge on any atom is 0.243 e. The number of unbranched alkanes of at least 4 members (excludes halogenated alkanes) is 5. The van der Waals surface area contributed by atoms with Crippen LogP contribution in [0.5, 0.6) is 0 Å². The van der Waals surface area contributed by atoms with E-state index < -0.39 is 0 Å². The third-order valence-corrected chi connectivity index (χ3v) is 4.43. The Balaban J connectivity index is 1.96. The lowest BCUT2D eigenvalue weighted by Gasteiger charge is -2.09. The monoisotopic (exact) mass is 341 g/mol. The van der Waals surface area contributed by atoms with Gasteiger partial charge in [0, 0.05) is 19.5 Å². The van der Waals surface area contributed by atoms with Gasteiger partial charge in [-0.3, -0.25) is 4.79 Å². The van der Waals surface area contributed by atoms with Gasteiger partial charge in [-0.1, -0.05) is 57.2 Å². The number of nitrogens with one attached hydrogen (secondary N) is 1. The number of allylic oxidation sites excluding steroid dienone is 1. The first kappa shape index (κ1) is 19.2. The highest BCUT2D eigenvalue weighted by atomic mass is 16.1. The van der Waals surface area contributed by atoms with Crippen molar-refractivity contribution in [2.75, 3.05) is 6.54 Å². The number of carbonyl (C=O) groups excluding carboxylic acids is 1. The molecule has 0 bridgehead atoms. The Morgan fingerprint density at radius 3 is 2.72 bits per heavy atom. The van der Waals surface area contributed by atoms with Crippen LogP contribution < -0.4 is 5.32 Å². The molecule has 2 aromatic rings. The molecule has 0 aliphatic rings. The summed E-state index contributed by atoms with van der Waals surface area (Å²) in [6.07, 6.45) is 11.8. The molecular weight excluding hydrogens is 310 g/mol. The van der Waals surface area contributed by atoms with Crippen LogP contribution in [0.2, 0.25) is 0 Å². The Morgan fingerprint density at radius 1 is 1.16 bits per heavy atom. The Hall–Kier alpha value is -2.10. The molecule has 2 rings (SSSR count). The number of fused-ring (bicyclic) bond motifs is 1. The van der Waals surface area contributed by atoms with E-state index in [4.69, 9.17) is 4.98 Å². The van der Waals surface area contributed by atoms with Crippen molar-refractivity contribution in [3.8, 4) is 0 Å². The maximum absolute atomic E-state index is 11.6.